The van der Waals surface area contributed by atoms with Crippen molar-refractivity contribution in [2.45, 2.75) is 26.3 Å². The van der Waals surface area contributed by atoms with Crippen LogP contribution in [0.5, 0.6) is 0 Å². The molecule has 0 bridgehead atoms. The van der Waals surface area contributed by atoms with E-state index in [1.165, 1.54) is 25.3 Å². The Bertz CT molecular complexity index is 837. The summed E-state index contributed by atoms with van der Waals surface area (Å²) in [6.07, 6.45) is 2.31. The SMILES string of the molecule is CCC1COCC1[C@H](NC(=O)c1cnc(-c2cc(F)cc(Cl)c2)s1)C(C)=O. The molecule has 2 unspecified atom stereocenters. The molecule has 27 heavy (non-hydrogen) atoms. The predicted octanol–water partition coefficient (Wildman–Crippen LogP) is 3.96. The molecule has 0 aliphatic carbocycles. The summed E-state index contributed by atoms with van der Waals surface area (Å²) in [5.74, 6) is -0.735. The topological polar surface area (TPSA) is 68.3 Å². The van der Waals surface area contributed by atoms with Crippen LogP contribution in [0.15, 0.2) is 24.4 Å². The van der Waals surface area contributed by atoms with Gasteiger partial charge in [-0.1, -0.05) is 24.9 Å². The van der Waals surface area contributed by atoms with E-state index in [1.807, 2.05) is 6.92 Å². The molecule has 3 rings (SSSR count). The Morgan fingerprint density at radius 3 is 2.85 bits per heavy atom. The number of amides is 1. The van der Waals surface area contributed by atoms with E-state index in [0.717, 1.165) is 17.8 Å². The molecule has 0 radical (unpaired) electrons. The van der Waals surface area contributed by atoms with Crippen LogP contribution in [-0.2, 0) is 9.53 Å². The van der Waals surface area contributed by atoms with E-state index in [4.69, 9.17) is 16.3 Å². The second kappa shape index (κ2) is 8.46. The van der Waals surface area contributed by atoms with Gasteiger partial charge in [0.05, 0.1) is 18.8 Å². The monoisotopic (exact) mass is 410 g/mol. The van der Waals surface area contributed by atoms with Gasteiger partial charge in [0, 0.05) is 23.1 Å². The minimum atomic E-state index is -0.598. The number of nitrogens with one attached hydrogen (secondary N) is 1. The zero-order valence-electron chi connectivity index (χ0n) is 15.0. The molecule has 3 atom stereocenters. The van der Waals surface area contributed by atoms with Gasteiger partial charge in [0.1, 0.15) is 15.7 Å². The van der Waals surface area contributed by atoms with Crippen LogP contribution in [0.2, 0.25) is 5.02 Å². The van der Waals surface area contributed by atoms with Gasteiger partial charge >= 0.3 is 0 Å². The summed E-state index contributed by atoms with van der Waals surface area (Å²) in [5.41, 5.74) is 0.502. The van der Waals surface area contributed by atoms with Crippen molar-refractivity contribution < 1.29 is 18.7 Å². The third-order valence-corrected chi connectivity index (χ3v) is 6.03. The van der Waals surface area contributed by atoms with Gasteiger partial charge in [0.15, 0.2) is 5.78 Å². The number of rotatable bonds is 6. The Morgan fingerprint density at radius 1 is 1.41 bits per heavy atom. The highest BCUT2D eigenvalue weighted by Crippen LogP contribution is 2.30. The molecule has 1 N–H and O–H groups in total. The van der Waals surface area contributed by atoms with Crippen molar-refractivity contribution >= 4 is 34.6 Å². The Hall–Kier alpha value is -1.83. The summed E-state index contributed by atoms with van der Waals surface area (Å²) in [4.78, 5) is 29.3. The number of aromatic nitrogens is 1. The minimum absolute atomic E-state index is 0.0362. The zero-order chi connectivity index (χ0) is 19.6. The second-order valence-electron chi connectivity index (χ2n) is 6.62. The molecule has 1 aromatic carbocycles. The smallest absolute Gasteiger partial charge is 0.263 e. The van der Waals surface area contributed by atoms with E-state index < -0.39 is 11.9 Å². The maximum absolute atomic E-state index is 13.5. The van der Waals surface area contributed by atoms with Crippen LogP contribution >= 0.6 is 22.9 Å². The van der Waals surface area contributed by atoms with Crippen LogP contribution in [0.4, 0.5) is 4.39 Å². The summed E-state index contributed by atoms with van der Waals surface area (Å²) in [6, 6.07) is 3.51. The van der Waals surface area contributed by atoms with Gasteiger partial charge in [-0.05, 0) is 31.0 Å². The van der Waals surface area contributed by atoms with E-state index in [1.54, 1.807) is 6.07 Å². The van der Waals surface area contributed by atoms with E-state index >= 15 is 0 Å². The number of hydrogen-bond donors (Lipinski definition) is 1. The number of benzene rings is 1. The summed E-state index contributed by atoms with van der Waals surface area (Å²) in [7, 11) is 0. The Kier molecular flexibility index (Phi) is 6.24. The highest BCUT2D eigenvalue weighted by Gasteiger charge is 2.37. The molecular weight excluding hydrogens is 391 g/mol. The average molecular weight is 411 g/mol. The van der Waals surface area contributed by atoms with Crippen LogP contribution < -0.4 is 5.32 Å². The number of halogens is 2. The summed E-state index contributed by atoms with van der Waals surface area (Å²) >= 11 is 7.00. The first-order chi connectivity index (χ1) is 12.9. The normalized spacial score (nSPS) is 20.4. The number of carbonyl (C=O) groups is 2. The van der Waals surface area contributed by atoms with E-state index in [0.29, 0.717) is 28.7 Å². The lowest BCUT2D eigenvalue weighted by molar-refractivity contribution is -0.120. The van der Waals surface area contributed by atoms with E-state index in [9.17, 15) is 14.0 Å². The standard InChI is InChI=1S/C19H20ClFN2O3S/c1-3-11-8-26-9-15(11)17(10(2)24)23-18(25)16-7-22-19(27-16)12-4-13(20)6-14(21)5-12/h4-7,11,15,17H,3,8-9H2,1-2H3,(H,23,25)/t11?,15?,17-/m1/s1. The number of ketones is 1. The number of hydrogen-bond acceptors (Lipinski definition) is 5. The van der Waals surface area contributed by atoms with Crippen LogP contribution in [0.1, 0.15) is 29.9 Å². The van der Waals surface area contributed by atoms with Crippen LogP contribution in [0.3, 0.4) is 0 Å². The summed E-state index contributed by atoms with van der Waals surface area (Å²) < 4.78 is 19.0. The highest BCUT2D eigenvalue weighted by atomic mass is 35.5. The molecule has 1 fully saturated rings. The first-order valence-electron chi connectivity index (χ1n) is 8.70. The lowest BCUT2D eigenvalue weighted by Gasteiger charge is -2.25. The first kappa shape index (κ1) is 19.9. The van der Waals surface area contributed by atoms with E-state index in [-0.39, 0.29) is 28.5 Å². The lowest BCUT2D eigenvalue weighted by Crippen LogP contribution is -2.47. The first-order valence-corrected chi connectivity index (χ1v) is 9.89. The second-order valence-corrected chi connectivity index (χ2v) is 8.09. The lowest BCUT2D eigenvalue weighted by atomic mass is 9.85. The molecule has 5 nitrogen and oxygen atoms in total. The van der Waals surface area contributed by atoms with Crippen molar-refractivity contribution in [1.82, 2.24) is 10.3 Å². The fourth-order valence-corrected chi connectivity index (χ4v) is 4.34. The van der Waals surface area contributed by atoms with Crippen molar-refractivity contribution in [2.24, 2.45) is 11.8 Å². The van der Waals surface area contributed by atoms with Gasteiger partial charge in [-0.25, -0.2) is 9.37 Å². The molecule has 1 aliphatic heterocycles. The van der Waals surface area contributed by atoms with Crippen molar-refractivity contribution in [3.05, 3.63) is 40.1 Å². The Morgan fingerprint density at radius 2 is 2.19 bits per heavy atom. The van der Waals surface area contributed by atoms with Gasteiger partial charge in [-0.2, -0.15) is 0 Å². The van der Waals surface area contributed by atoms with E-state index in [2.05, 4.69) is 10.3 Å². The fourth-order valence-electron chi connectivity index (χ4n) is 3.32. The number of thiazole rings is 1. The van der Waals surface area contributed by atoms with Crippen molar-refractivity contribution in [1.29, 1.82) is 0 Å². The number of nitrogens with zero attached hydrogens (tertiary/aromatic N) is 1. The highest BCUT2D eigenvalue weighted by molar-refractivity contribution is 7.16. The summed E-state index contributed by atoms with van der Waals surface area (Å²) in [6.45, 7) is 4.58. The molecule has 1 amide bonds. The average Bonchev–Trinajstić information content (AvgIpc) is 3.27. The van der Waals surface area contributed by atoms with Gasteiger partial charge in [-0.3, -0.25) is 9.59 Å². The number of Topliss-reactive ketones (excluding diaryl/α,β-unsaturated/α-hetero) is 1. The molecule has 144 valence electrons. The van der Waals surface area contributed by atoms with Crippen LogP contribution in [0, 0.1) is 17.7 Å². The third kappa shape index (κ3) is 4.54. The summed E-state index contributed by atoms with van der Waals surface area (Å²) in [5, 5.41) is 3.57. The third-order valence-electron chi connectivity index (χ3n) is 4.76. The zero-order valence-corrected chi connectivity index (χ0v) is 16.6. The molecule has 0 spiro atoms. The maximum atomic E-state index is 13.5. The van der Waals surface area contributed by atoms with Gasteiger partial charge in [0.25, 0.3) is 5.91 Å². The van der Waals surface area contributed by atoms with Gasteiger partial charge in [-0.15, -0.1) is 11.3 Å². The van der Waals surface area contributed by atoms with Crippen molar-refractivity contribution in [3.63, 3.8) is 0 Å². The minimum Gasteiger partial charge on any atom is -0.381 e. The molecule has 0 saturated carbocycles. The predicted molar refractivity (Wildman–Crippen MR) is 103 cm³/mol. The van der Waals surface area contributed by atoms with Gasteiger partial charge < -0.3 is 10.1 Å². The van der Waals surface area contributed by atoms with Crippen LogP contribution in [-0.4, -0.2) is 35.9 Å². The van der Waals surface area contributed by atoms with Crippen LogP contribution in [0.25, 0.3) is 10.6 Å². The molecule has 2 aromatic rings. The molecule has 8 heteroatoms. The molecular formula is C19H20ClFN2O3S. The number of ether oxygens (including phenoxy) is 1. The largest absolute Gasteiger partial charge is 0.381 e. The quantitative estimate of drug-likeness (QED) is 0.782. The molecule has 2 heterocycles. The number of carbonyl (C=O) groups excluding carboxylic acids is 2. The van der Waals surface area contributed by atoms with Gasteiger partial charge in [0.2, 0.25) is 0 Å². The Balaban J connectivity index is 1.77. The molecule has 1 aliphatic rings. The maximum Gasteiger partial charge on any atom is 0.263 e. The van der Waals surface area contributed by atoms with Crippen molar-refractivity contribution in [3.8, 4) is 10.6 Å². The Labute approximate surface area is 165 Å². The molecule has 1 aromatic heterocycles. The fraction of sp³-hybridized carbons (Fsp3) is 0.421. The van der Waals surface area contributed by atoms with Crippen molar-refractivity contribution in [2.75, 3.05) is 13.2 Å². The molecule has 1 saturated heterocycles.